The summed E-state index contributed by atoms with van der Waals surface area (Å²) in [5.41, 5.74) is 1.33. The molecule has 1 aromatic heterocycles. The number of oxazole rings is 1. The number of carbonyl (C=O) groups excluding carboxylic acids is 1. The van der Waals surface area contributed by atoms with E-state index in [1.807, 2.05) is 43.5 Å². The quantitative estimate of drug-likeness (QED) is 0.611. The number of hydrogen-bond acceptors (Lipinski definition) is 4. The Morgan fingerprint density at radius 1 is 1.35 bits per heavy atom. The highest BCUT2D eigenvalue weighted by Gasteiger charge is 2.18. The third-order valence-corrected chi connectivity index (χ3v) is 3.03. The largest absolute Gasteiger partial charge is 0.429 e. The van der Waals surface area contributed by atoms with E-state index < -0.39 is 0 Å². The SMILES string of the molecule is CCC(=O)c1nc(-c2ccccc2)oc1SC. The number of rotatable bonds is 4. The van der Waals surface area contributed by atoms with Crippen LogP contribution in [0.15, 0.2) is 39.8 Å². The smallest absolute Gasteiger partial charge is 0.228 e. The van der Waals surface area contributed by atoms with Crippen molar-refractivity contribution in [2.45, 2.75) is 18.4 Å². The first-order chi connectivity index (χ1) is 8.26. The van der Waals surface area contributed by atoms with Crippen LogP contribution in [-0.4, -0.2) is 17.0 Å². The number of aromatic nitrogens is 1. The molecule has 0 N–H and O–H groups in total. The molecule has 0 unspecified atom stereocenters. The molecule has 0 amide bonds. The maximum atomic E-state index is 11.7. The van der Waals surface area contributed by atoms with Crippen molar-refractivity contribution in [1.82, 2.24) is 4.98 Å². The summed E-state index contributed by atoms with van der Waals surface area (Å²) in [5, 5.41) is 0.593. The lowest BCUT2D eigenvalue weighted by Gasteiger charge is -1.92. The second kappa shape index (κ2) is 5.19. The molecule has 0 fully saturated rings. The maximum absolute atomic E-state index is 11.7. The van der Waals surface area contributed by atoms with Crippen LogP contribution in [0.1, 0.15) is 23.8 Å². The fourth-order valence-electron chi connectivity index (χ4n) is 1.49. The normalized spacial score (nSPS) is 10.5. The predicted molar refractivity (Wildman–Crippen MR) is 68.3 cm³/mol. The first-order valence-electron chi connectivity index (χ1n) is 5.39. The Kier molecular flexibility index (Phi) is 3.64. The fourth-order valence-corrected chi connectivity index (χ4v) is 2.01. The molecule has 0 radical (unpaired) electrons. The van der Waals surface area contributed by atoms with Gasteiger partial charge in [0.15, 0.2) is 16.6 Å². The molecule has 88 valence electrons. The third kappa shape index (κ3) is 2.42. The van der Waals surface area contributed by atoms with Crippen molar-refractivity contribution in [3.05, 3.63) is 36.0 Å². The first-order valence-corrected chi connectivity index (χ1v) is 6.62. The minimum atomic E-state index is 0.0141. The van der Waals surface area contributed by atoms with Crippen LogP contribution in [0.4, 0.5) is 0 Å². The van der Waals surface area contributed by atoms with Crippen molar-refractivity contribution in [2.24, 2.45) is 0 Å². The van der Waals surface area contributed by atoms with E-state index in [9.17, 15) is 4.79 Å². The van der Waals surface area contributed by atoms with Crippen LogP contribution in [0.2, 0.25) is 0 Å². The molecule has 0 aliphatic rings. The number of Topliss-reactive ketones (excluding diaryl/α,β-unsaturated/α-hetero) is 1. The van der Waals surface area contributed by atoms with Gasteiger partial charge in [0, 0.05) is 12.0 Å². The van der Waals surface area contributed by atoms with Gasteiger partial charge < -0.3 is 4.42 Å². The number of benzene rings is 1. The van der Waals surface area contributed by atoms with Crippen molar-refractivity contribution in [1.29, 1.82) is 0 Å². The van der Waals surface area contributed by atoms with Gasteiger partial charge in [-0.15, -0.1) is 0 Å². The van der Waals surface area contributed by atoms with Gasteiger partial charge in [-0.2, -0.15) is 0 Å². The van der Waals surface area contributed by atoms with Gasteiger partial charge in [0.05, 0.1) is 0 Å². The van der Waals surface area contributed by atoms with Crippen LogP contribution >= 0.6 is 11.8 Å². The average molecular weight is 247 g/mol. The van der Waals surface area contributed by atoms with E-state index in [-0.39, 0.29) is 5.78 Å². The molecule has 0 bridgehead atoms. The molecule has 0 saturated heterocycles. The molecular weight excluding hydrogens is 234 g/mol. The minimum Gasteiger partial charge on any atom is -0.429 e. The fraction of sp³-hybridized carbons (Fsp3) is 0.231. The van der Waals surface area contributed by atoms with Gasteiger partial charge >= 0.3 is 0 Å². The van der Waals surface area contributed by atoms with E-state index in [0.29, 0.717) is 23.1 Å². The highest BCUT2D eigenvalue weighted by molar-refractivity contribution is 7.98. The topological polar surface area (TPSA) is 43.1 Å². The second-order valence-corrected chi connectivity index (χ2v) is 4.28. The molecular formula is C13H13NO2S. The summed E-state index contributed by atoms with van der Waals surface area (Å²) in [5.74, 6) is 0.520. The highest BCUT2D eigenvalue weighted by Crippen LogP contribution is 2.28. The van der Waals surface area contributed by atoms with Crippen molar-refractivity contribution in [3.8, 4) is 11.5 Å². The highest BCUT2D eigenvalue weighted by atomic mass is 32.2. The van der Waals surface area contributed by atoms with Crippen LogP contribution in [-0.2, 0) is 0 Å². The van der Waals surface area contributed by atoms with Crippen molar-refractivity contribution >= 4 is 17.5 Å². The summed E-state index contributed by atoms with van der Waals surface area (Å²) >= 11 is 1.40. The lowest BCUT2D eigenvalue weighted by atomic mass is 10.2. The molecule has 0 spiro atoms. The van der Waals surface area contributed by atoms with Gasteiger partial charge in [0.2, 0.25) is 5.89 Å². The van der Waals surface area contributed by atoms with Gasteiger partial charge in [-0.3, -0.25) is 4.79 Å². The molecule has 3 nitrogen and oxygen atoms in total. The predicted octanol–water partition coefficient (Wildman–Crippen LogP) is 3.66. The summed E-state index contributed by atoms with van der Waals surface area (Å²) in [6, 6.07) is 9.59. The van der Waals surface area contributed by atoms with Gasteiger partial charge in [-0.25, -0.2) is 4.98 Å². The van der Waals surface area contributed by atoms with E-state index in [1.165, 1.54) is 11.8 Å². The van der Waals surface area contributed by atoms with Crippen molar-refractivity contribution in [2.75, 3.05) is 6.26 Å². The molecule has 0 aliphatic carbocycles. The molecule has 0 saturated carbocycles. The number of thioether (sulfide) groups is 1. The molecule has 0 atom stereocenters. The Balaban J connectivity index is 2.45. The van der Waals surface area contributed by atoms with E-state index in [4.69, 9.17) is 4.42 Å². The summed E-state index contributed by atoms with van der Waals surface area (Å²) in [7, 11) is 0. The Hall–Kier alpha value is -1.55. The molecule has 0 aliphatic heterocycles. The Bertz CT molecular complexity index is 519. The summed E-state index contributed by atoms with van der Waals surface area (Å²) < 4.78 is 5.60. The maximum Gasteiger partial charge on any atom is 0.228 e. The van der Waals surface area contributed by atoms with Crippen LogP contribution in [0.5, 0.6) is 0 Å². The van der Waals surface area contributed by atoms with E-state index >= 15 is 0 Å². The van der Waals surface area contributed by atoms with E-state index in [2.05, 4.69) is 4.98 Å². The van der Waals surface area contributed by atoms with Crippen LogP contribution < -0.4 is 0 Å². The minimum absolute atomic E-state index is 0.0141. The monoisotopic (exact) mass is 247 g/mol. The molecule has 17 heavy (non-hydrogen) atoms. The standard InChI is InChI=1S/C13H13NO2S/c1-3-10(15)11-13(17-2)16-12(14-11)9-7-5-4-6-8-9/h4-8H,3H2,1-2H3. The van der Waals surface area contributed by atoms with Gasteiger partial charge in [0.25, 0.3) is 0 Å². The van der Waals surface area contributed by atoms with Crippen molar-refractivity contribution in [3.63, 3.8) is 0 Å². The van der Waals surface area contributed by atoms with Crippen molar-refractivity contribution < 1.29 is 9.21 Å². The number of carbonyl (C=O) groups is 1. The molecule has 4 heteroatoms. The summed E-state index contributed by atoms with van der Waals surface area (Å²) in [6.07, 6.45) is 2.32. The first kappa shape index (κ1) is 11.9. The lowest BCUT2D eigenvalue weighted by molar-refractivity contribution is 0.0979. The van der Waals surface area contributed by atoms with Crippen LogP contribution in [0.3, 0.4) is 0 Å². The van der Waals surface area contributed by atoms with Gasteiger partial charge in [-0.05, 0) is 18.4 Å². The second-order valence-electron chi connectivity index (χ2n) is 3.50. The van der Waals surface area contributed by atoms with Crippen LogP contribution in [0.25, 0.3) is 11.5 Å². The summed E-state index contributed by atoms with van der Waals surface area (Å²) in [4.78, 5) is 16.0. The Morgan fingerprint density at radius 2 is 2.06 bits per heavy atom. The lowest BCUT2D eigenvalue weighted by Crippen LogP contribution is -1.98. The van der Waals surface area contributed by atoms with Gasteiger partial charge in [0.1, 0.15) is 0 Å². The van der Waals surface area contributed by atoms with E-state index in [0.717, 1.165) is 5.56 Å². The number of nitrogens with zero attached hydrogens (tertiary/aromatic N) is 1. The molecule has 1 aromatic carbocycles. The zero-order valence-electron chi connectivity index (χ0n) is 9.77. The summed E-state index contributed by atoms with van der Waals surface area (Å²) in [6.45, 7) is 1.82. The Labute approximate surface area is 104 Å². The molecule has 2 rings (SSSR count). The molecule has 1 heterocycles. The third-order valence-electron chi connectivity index (χ3n) is 2.39. The van der Waals surface area contributed by atoms with Crippen LogP contribution in [0, 0.1) is 0 Å². The average Bonchev–Trinajstić information content (AvgIpc) is 2.83. The zero-order chi connectivity index (χ0) is 12.3. The number of ketones is 1. The zero-order valence-corrected chi connectivity index (χ0v) is 10.6. The van der Waals surface area contributed by atoms with E-state index in [1.54, 1.807) is 0 Å². The Morgan fingerprint density at radius 3 is 2.65 bits per heavy atom. The number of hydrogen-bond donors (Lipinski definition) is 0. The molecule has 2 aromatic rings. The van der Waals surface area contributed by atoms with Gasteiger partial charge in [-0.1, -0.05) is 36.9 Å².